The van der Waals surface area contributed by atoms with E-state index in [0.717, 1.165) is 37.3 Å². The SMILES string of the molecule is CC1(C)c2cnc(NC3CCOCC3)nc2CN1C(=O)NC1CCCN(S(=O)(=O)c2ccc(Cl)cc2)C1. The fraction of sp³-hybridized carbons (Fsp3) is 0.560. The van der Waals surface area contributed by atoms with E-state index in [1.165, 1.54) is 16.4 Å². The topological polar surface area (TPSA) is 117 Å². The van der Waals surface area contributed by atoms with Crippen molar-refractivity contribution in [1.29, 1.82) is 0 Å². The Morgan fingerprint density at radius 1 is 1.14 bits per heavy atom. The Hall–Kier alpha value is -2.47. The summed E-state index contributed by atoms with van der Waals surface area (Å²) in [6.07, 6.45) is 4.99. The first-order valence-electron chi connectivity index (χ1n) is 12.7. The van der Waals surface area contributed by atoms with Gasteiger partial charge in [0, 0.05) is 55.2 Å². The molecule has 2 fully saturated rings. The summed E-state index contributed by atoms with van der Waals surface area (Å²) in [5.74, 6) is 0.569. The summed E-state index contributed by atoms with van der Waals surface area (Å²) in [6.45, 7) is 6.40. The van der Waals surface area contributed by atoms with Gasteiger partial charge in [0.15, 0.2) is 0 Å². The smallest absolute Gasteiger partial charge is 0.318 e. The zero-order valence-electron chi connectivity index (χ0n) is 21.1. The molecule has 2 saturated heterocycles. The number of halogens is 1. The van der Waals surface area contributed by atoms with E-state index in [0.29, 0.717) is 36.9 Å². The highest BCUT2D eigenvalue weighted by atomic mass is 35.5. The summed E-state index contributed by atoms with van der Waals surface area (Å²) in [6, 6.07) is 5.90. The number of piperidine rings is 1. The number of sulfonamides is 1. The molecule has 0 radical (unpaired) electrons. The molecule has 0 spiro atoms. The third-order valence-electron chi connectivity index (χ3n) is 7.47. The molecule has 0 saturated carbocycles. The van der Waals surface area contributed by atoms with Crippen LogP contribution in [-0.4, -0.2) is 72.0 Å². The highest BCUT2D eigenvalue weighted by molar-refractivity contribution is 7.89. The van der Waals surface area contributed by atoms with E-state index in [2.05, 4.69) is 15.6 Å². The van der Waals surface area contributed by atoms with Crippen LogP contribution < -0.4 is 10.6 Å². The van der Waals surface area contributed by atoms with E-state index in [4.69, 9.17) is 21.3 Å². The second-order valence-corrected chi connectivity index (χ2v) is 12.7. The lowest BCUT2D eigenvalue weighted by Crippen LogP contribution is -2.54. The van der Waals surface area contributed by atoms with Gasteiger partial charge in [-0.1, -0.05) is 11.6 Å². The van der Waals surface area contributed by atoms with Gasteiger partial charge < -0.3 is 20.3 Å². The Morgan fingerprint density at radius 3 is 2.59 bits per heavy atom. The first-order chi connectivity index (χ1) is 17.6. The molecule has 200 valence electrons. The molecule has 12 heteroatoms. The zero-order valence-corrected chi connectivity index (χ0v) is 22.7. The normalized spacial score (nSPS) is 22.5. The van der Waals surface area contributed by atoms with Crippen LogP contribution in [0.15, 0.2) is 35.4 Å². The molecule has 1 aromatic carbocycles. The Labute approximate surface area is 222 Å². The number of fused-ring (bicyclic) bond motifs is 1. The molecule has 0 aliphatic carbocycles. The van der Waals surface area contributed by atoms with Crippen LogP contribution in [0.1, 0.15) is 50.8 Å². The molecule has 3 aliphatic heterocycles. The van der Waals surface area contributed by atoms with Crippen LogP contribution >= 0.6 is 11.6 Å². The highest BCUT2D eigenvalue weighted by Crippen LogP contribution is 2.38. The average molecular weight is 549 g/mol. The molecule has 4 heterocycles. The first kappa shape index (κ1) is 26.1. The molecule has 1 aromatic heterocycles. The number of nitrogens with one attached hydrogen (secondary N) is 2. The maximum atomic E-state index is 13.4. The van der Waals surface area contributed by atoms with Crippen molar-refractivity contribution in [1.82, 2.24) is 24.5 Å². The van der Waals surface area contributed by atoms with Crippen molar-refractivity contribution in [3.63, 3.8) is 0 Å². The molecule has 37 heavy (non-hydrogen) atoms. The van der Waals surface area contributed by atoms with Crippen LogP contribution in [-0.2, 0) is 26.8 Å². The maximum absolute atomic E-state index is 13.4. The van der Waals surface area contributed by atoms with Crippen molar-refractivity contribution in [2.45, 2.75) is 68.6 Å². The predicted octanol–water partition coefficient (Wildman–Crippen LogP) is 3.33. The molecular weight excluding hydrogens is 516 g/mol. The number of ether oxygens (including phenoxy) is 1. The number of hydrogen-bond donors (Lipinski definition) is 2. The van der Waals surface area contributed by atoms with E-state index in [1.54, 1.807) is 23.2 Å². The third kappa shape index (κ3) is 5.41. The van der Waals surface area contributed by atoms with E-state index < -0.39 is 15.6 Å². The van der Waals surface area contributed by atoms with Gasteiger partial charge >= 0.3 is 6.03 Å². The van der Waals surface area contributed by atoms with Crippen molar-refractivity contribution in [2.24, 2.45) is 0 Å². The number of amides is 2. The van der Waals surface area contributed by atoms with E-state index in [1.807, 2.05) is 13.8 Å². The lowest BCUT2D eigenvalue weighted by molar-refractivity contribution is 0.0903. The number of nitrogens with zero attached hydrogens (tertiary/aromatic N) is 4. The standard InChI is InChI=1S/C25H33ClN6O4S/c1-25(2)21-14-27-23(28-18-9-12-36-13-10-18)30-22(21)16-32(25)24(33)29-19-4-3-11-31(15-19)37(34,35)20-7-5-17(26)6-8-20/h5-8,14,18-19H,3-4,9-13,15-16H2,1-2H3,(H,29,33)(H,27,28,30). The number of benzene rings is 1. The first-order valence-corrected chi connectivity index (χ1v) is 14.5. The zero-order chi connectivity index (χ0) is 26.2. The largest absolute Gasteiger partial charge is 0.381 e. The van der Waals surface area contributed by atoms with Gasteiger partial charge in [0.1, 0.15) is 0 Å². The van der Waals surface area contributed by atoms with Gasteiger partial charge in [-0.2, -0.15) is 4.31 Å². The van der Waals surface area contributed by atoms with Crippen molar-refractivity contribution in [3.8, 4) is 0 Å². The van der Waals surface area contributed by atoms with Crippen LogP contribution in [0.3, 0.4) is 0 Å². The Bertz CT molecular complexity index is 1250. The maximum Gasteiger partial charge on any atom is 0.318 e. The van der Waals surface area contributed by atoms with Gasteiger partial charge in [-0.3, -0.25) is 0 Å². The second-order valence-electron chi connectivity index (χ2n) is 10.3. The molecule has 5 rings (SSSR count). The van der Waals surface area contributed by atoms with Crippen LogP contribution in [0.4, 0.5) is 10.7 Å². The molecule has 2 aromatic rings. The number of aromatic nitrogens is 2. The number of urea groups is 1. The van der Waals surface area contributed by atoms with Crippen molar-refractivity contribution in [2.75, 3.05) is 31.6 Å². The summed E-state index contributed by atoms with van der Waals surface area (Å²) in [5, 5.41) is 6.95. The summed E-state index contributed by atoms with van der Waals surface area (Å²) >= 11 is 5.92. The molecule has 3 aliphatic rings. The number of carbonyl (C=O) groups is 1. The Balaban J connectivity index is 1.24. The van der Waals surface area contributed by atoms with Gasteiger partial charge in [-0.15, -0.1) is 0 Å². The number of anilines is 1. The summed E-state index contributed by atoms with van der Waals surface area (Å²) < 4.78 is 33.1. The summed E-state index contributed by atoms with van der Waals surface area (Å²) in [5.41, 5.74) is 1.14. The van der Waals surface area contributed by atoms with Gasteiger partial charge in [0.25, 0.3) is 0 Å². The average Bonchev–Trinajstić information content (AvgIpc) is 3.15. The molecule has 2 amide bonds. The van der Waals surface area contributed by atoms with E-state index >= 15 is 0 Å². The van der Waals surface area contributed by atoms with Gasteiger partial charge in [0.2, 0.25) is 16.0 Å². The molecule has 1 atom stereocenters. The van der Waals surface area contributed by atoms with Crippen LogP contribution in [0.5, 0.6) is 0 Å². The fourth-order valence-electron chi connectivity index (χ4n) is 5.25. The lowest BCUT2D eigenvalue weighted by Gasteiger charge is -2.36. The molecule has 0 bridgehead atoms. The number of carbonyl (C=O) groups excluding carboxylic acids is 1. The van der Waals surface area contributed by atoms with Crippen molar-refractivity contribution >= 4 is 33.6 Å². The Kier molecular flexibility index (Phi) is 7.32. The monoisotopic (exact) mass is 548 g/mol. The molecule has 1 unspecified atom stereocenters. The van der Waals surface area contributed by atoms with Crippen LogP contribution in [0.2, 0.25) is 5.02 Å². The molecule has 10 nitrogen and oxygen atoms in total. The predicted molar refractivity (Wildman–Crippen MR) is 140 cm³/mol. The minimum Gasteiger partial charge on any atom is -0.381 e. The summed E-state index contributed by atoms with van der Waals surface area (Å²) in [7, 11) is -3.67. The number of hydrogen-bond acceptors (Lipinski definition) is 7. The van der Waals surface area contributed by atoms with Gasteiger partial charge in [-0.05, 0) is 63.8 Å². The summed E-state index contributed by atoms with van der Waals surface area (Å²) in [4.78, 5) is 24.6. The van der Waals surface area contributed by atoms with Crippen molar-refractivity contribution < 1.29 is 17.9 Å². The Morgan fingerprint density at radius 2 is 1.86 bits per heavy atom. The molecule has 2 N–H and O–H groups in total. The van der Waals surface area contributed by atoms with Gasteiger partial charge in [-0.25, -0.2) is 23.2 Å². The minimum absolute atomic E-state index is 0.198. The van der Waals surface area contributed by atoms with Crippen LogP contribution in [0.25, 0.3) is 0 Å². The highest BCUT2D eigenvalue weighted by Gasteiger charge is 2.43. The fourth-order valence-corrected chi connectivity index (χ4v) is 6.90. The second kappa shape index (κ2) is 10.4. The quantitative estimate of drug-likeness (QED) is 0.588. The third-order valence-corrected chi connectivity index (χ3v) is 9.60. The van der Waals surface area contributed by atoms with E-state index in [9.17, 15) is 13.2 Å². The molecular formula is C25H33ClN6O4S. The number of rotatable bonds is 5. The minimum atomic E-state index is -3.67. The van der Waals surface area contributed by atoms with Crippen molar-refractivity contribution in [3.05, 3.63) is 46.7 Å². The van der Waals surface area contributed by atoms with Crippen LogP contribution in [0, 0.1) is 0 Å². The van der Waals surface area contributed by atoms with E-state index in [-0.39, 0.29) is 29.6 Å². The lowest BCUT2D eigenvalue weighted by atomic mass is 9.97. The van der Waals surface area contributed by atoms with Gasteiger partial charge in [0.05, 0.1) is 22.7 Å².